The Balaban J connectivity index is 1.32. The van der Waals surface area contributed by atoms with Crippen molar-refractivity contribution in [2.45, 2.75) is 44.6 Å². The van der Waals surface area contributed by atoms with Gasteiger partial charge in [-0.1, -0.05) is 18.2 Å². The largest absolute Gasteiger partial charge is 0.450 e. The number of piperidine rings is 2. The molecule has 0 bridgehead atoms. The molecule has 2 aliphatic heterocycles. The van der Waals surface area contributed by atoms with Crippen molar-refractivity contribution < 1.29 is 9.53 Å². The molecule has 2 fully saturated rings. The van der Waals surface area contributed by atoms with Crippen molar-refractivity contribution in [3.05, 3.63) is 35.2 Å². The summed E-state index contributed by atoms with van der Waals surface area (Å²) in [5, 5.41) is 3.60. The quantitative estimate of drug-likeness (QED) is 0.783. The molecule has 0 unspecified atom stereocenters. The van der Waals surface area contributed by atoms with Crippen molar-refractivity contribution in [1.82, 2.24) is 9.80 Å². The number of thiophene rings is 1. The van der Waals surface area contributed by atoms with Gasteiger partial charge in [-0.05, 0) is 74.0 Å². The molecule has 3 heterocycles. The summed E-state index contributed by atoms with van der Waals surface area (Å²) in [6, 6.07) is 9.62. The van der Waals surface area contributed by atoms with E-state index in [0.29, 0.717) is 18.6 Å². The van der Waals surface area contributed by atoms with Crippen LogP contribution in [0.5, 0.6) is 0 Å². The van der Waals surface area contributed by atoms with Crippen molar-refractivity contribution in [2.75, 3.05) is 32.8 Å². The maximum Gasteiger partial charge on any atom is 0.409 e. The minimum atomic E-state index is -0.145. The first-order valence-corrected chi connectivity index (χ1v) is 10.8. The maximum absolute atomic E-state index is 11.9. The molecule has 140 valence electrons. The highest BCUT2D eigenvalue weighted by atomic mass is 32.1. The number of hydrogen-bond donors (Lipinski definition) is 0. The average Bonchev–Trinajstić information content (AvgIpc) is 3.17. The van der Waals surface area contributed by atoms with Gasteiger partial charge >= 0.3 is 6.09 Å². The second kappa shape index (κ2) is 7.97. The van der Waals surface area contributed by atoms with Crippen LogP contribution in [0.1, 0.15) is 44.1 Å². The Kier molecular flexibility index (Phi) is 5.46. The van der Waals surface area contributed by atoms with E-state index in [4.69, 9.17) is 4.74 Å². The molecule has 26 heavy (non-hydrogen) atoms. The van der Waals surface area contributed by atoms with Crippen molar-refractivity contribution >= 4 is 27.5 Å². The fourth-order valence-corrected chi connectivity index (χ4v) is 5.54. The number of benzene rings is 1. The molecule has 4 rings (SSSR count). The topological polar surface area (TPSA) is 32.8 Å². The van der Waals surface area contributed by atoms with Gasteiger partial charge in [0.2, 0.25) is 0 Å². The van der Waals surface area contributed by atoms with E-state index in [0.717, 1.165) is 25.9 Å². The van der Waals surface area contributed by atoms with Crippen LogP contribution in [-0.2, 0) is 4.74 Å². The smallest absolute Gasteiger partial charge is 0.409 e. The van der Waals surface area contributed by atoms with Crippen LogP contribution in [0.2, 0.25) is 0 Å². The summed E-state index contributed by atoms with van der Waals surface area (Å²) < 4.78 is 6.61. The number of carbonyl (C=O) groups is 1. The average molecular weight is 373 g/mol. The van der Waals surface area contributed by atoms with E-state index in [-0.39, 0.29) is 6.09 Å². The predicted molar refractivity (Wildman–Crippen MR) is 107 cm³/mol. The molecule has 1 aromatic carbocycles. The minimum Gasteiger partial charge on any atom is -0.450 e. The second-order valence-corrected chi connectivity index (χ2v) is 8.33. The van der Waals surface area contributed by atoms with E-state index >= 15 is 0 Å². The third-order valence-corrected chi connectivity index (χ3v) is 6.96. The number of fused-ring (bicyclic) bond motifs is 1. The Morgan fingerprint density at radius 1 is 1.12 bits per heavy atom. The molecule has 5 heteroatoms. The summed E-state index contributed by atoms with van der Waals surface area (Å²) in [5.41, 5.74) is 1.55. The molecule has 4 nitrogen and oxygen atoms in total. The van der Waals surface area contributed by atoms with E-state index in [9.17, 15) is 4.79 Å². The SMILES string of the molecule is CCOC(=O)N1CCC(N2CCC(c3cccc4ccsc34)CC2)CC1. The number of likely N-dealkylation sites (tertiary alicyclic amines) is 2. The summed E-state index contributed by atoms with van der Waals surface area (Å²) in [6.07, 6.45) is 4.49. The number of amides is 1. The first-order chi connectivity index (χ1) is 12.8. The maximum atomic E-state index is 11.9. The lowest BCUT2D eigenvalue weighted by Crippen LogP contribution is -2.48. The summed E-state index contributed by atoms with van der Waals surface area (Å²) >= 11 is 1.88. The Bertz CT molecular complexity index is 743. The van der Waals surface area contributed by atoms with Gasteiger partial charge in [-0.15, -0.1) is 11.3 Å². The van der Waals surface area contributed by atoms with Crippen LogP contribution in [0, 0.1) is 0 Å². The van der Waals surface area contributed by atoms with E-state index in [1.165, 1.54) is 36.0 Å². The zero-order valence-corrected chi connectivity index (χ0v) is 16.3. The molecule has 0 atom stereocenters. The monoisotopic (exact) mass is 372 g/mol. The Morgan fingerprint density at radius 3 is 2.62 bits per heavy atom. The molecule has 2 aliphatic rings. The van der Waals surface area contributed by atoms with Crippen LogP contribution in [0.15, 0.2) is 29.6 Å². The van der Waals surface area contributed by atoms with Crippen molar-refractivity contribution in [1.29, 1.82) is 0 Å². The zero-order chi connectivity index (χ0) is 17.9. The number of rotatable bonds is 3. The van der Waals surface area contributed by atoms with Crippen LogP contribution in [0.25, 0.3) is 10.1 Å². The summed E-state index contributed by atoms with van der Waals surface area (Å²) in [6.45, 7) is 6.34. The van der Waals surface area contributed by atoms with Crippen LogP contribution >= 0.6 is 11.3 Å². The molecule has 2 aromatic rings. The summed E-state index contributed by atoms with van der Waals surface area (Å²) in [7, 11) is 0. The molecule has 2 saturated heterocycles. The number of ether oxygens (including phenoxy) is 1. The van der Waals surface area contributed by atoms with Gasteiger partial charge in [-0.3, -0.25) is 0 Å². The molecule has 0 radical (unpaired) electrons. The first kappa shape index (κ1) is 17.8. The second-order valence-electron chi connectivity index (χ2n) is 7.41. The van der Waals surface area contributed by atoms with Gasteiger partial charge in [0.25, 0.3) is 0 Å². The lowest BCUT2D eigenvalue weighted by molar-refractivity contribution is 0.0663. The number of carbonyl (C=O) groups excluding carboxylic acids is 1. The van der Waals surface area contributed by atoms with Crippen molar-refractivity contribution in [3.63, 3.8) is 0 Å². The van der Waals surface area contributed by atoms with E-state index in [1.54, 1.807) is 5.56 Å². The molecule has 0 saturated carbocycles. The third kappa shape index (κ3) is 3.60. The molecule has 1 amide bonds. The van der Waals surface area contributed by atoms with Gasteiger partial charge in [-0.2, -0.15) is 0 Å². The van der Waals surface area contributed by atoms with Gasteiger partial charge < -0.3 is 14.5 Å². The molecular formula is C21H28N2O2S. The lowest BCUT2D eigenvalue weighted by atomic mass is 9.87. The van der Waals surface area contributed by atoms with Gasteiger partial charge in [0, 0.05) is 23.8 Å². The molecular weight excluding hydrogens is 344 g/mol. The standard InChI is InChI=1S/C21H28N2O2S/c1-2-25-21(24)23-13-8-18(9-14-23)22-11-6-16(7-12-22)19-5-3-4-17-10-15-26-20(17)19/h3-5,10,15-16,18H,2,6-9,11-14H2,1H3. The van der Waals surface area contributed by atoms with Gasteiger partial charge in [0.1, 0.15) is 0 Å². The van der Waals surface area contributed by atoms with Crippen molar-refractivity contribution in [2.24, 2.45) is 0 Å². The Morgan fingerprint density at radius 2 is 1.88 bits per heavy atom. The fraction of sp³-hybridized carbons (Fsp3) is 0.571. The Labute approximate surface area is 159 Å². The van der Waals surface area contributed by atoms with Gasteiger partial charge in [0.15, 0.2) is 0 Å². The van der Waals surface area contributed by atoms with Gasteiger partial charge in [-0.25, -0.2) is 4.79 Å². The van der Waals surface area contributed by atoms with Crippen LogP contribution in [-0.4, -0.2) is 54.7 Å². The van der Waals surface area contributed by atoms with E-state index < -0.39 is 0 Å². The first-order valence-electron chi connectivity index (χ1n) is 9.88. The number of hydrogen-bond acceptors (Lipinski definition) is 4. The highest BCUT2D eigenvalue weighted by molar-refractivity contribution is 7.17. The third-order valence-electron chi connectivity index (χ3n) is 5.99. The molecule has 0 aliphatic carbocycles. The zero-order valence-electron chi connectivity index (χ0n) is 15.5. The Hall–Kier alpha value is -1.59. The number of nitrogens with zero attached hydrogens (tertiary/aromatic N) is 2. The normalized spacial score (nSPS) is 20.6. The highest BCUT2D eigenvalue weighted by Gasteiger charge is 2.30. The summed E-state index contributed by atoms with van der Waals surface area (Å²) in [4.78, 5) is 16.4. The highest BCUT2D eigenvalue weighted by Crippen LogP contribution is 2.36. The molecule has 0 N–H and O–H groups in total. The minimum absolute atomic E-state index is 0.145. The van der Waals surface area contributed by atoms with Crippen LogP contribution in [0.4, 0.5) is 4.79 Å². The van der Waals surface area contributed by atoms with E-state index in [2.05, 4.69) is 34.5 Å². The van der Waals surface area contributed by atoms with Crippen LogP contribution < -0.4 is 0 Å². The molecule has 1 aromatic heterocycles. The molecule has 0 spiro atoms. The van der Waals surface area contributed by atoms with E-state index in [1.807, 2.05) is 23.2 Å². The predicted octanol–water partition coefficient (Wildman–Crippen LogP) is 4.70. The van der Waals surface area contributed by atoms with Crippen molar-refractivity contribution in [3.8, 4) is 0 Å². The van der Waals surface area contributed by atoms with Crippen LogP contribution in [0.3, 0.4) is 0 Å². The summed E-state index contributed by atoms with van der Waals surface area (Å²) in [5.74, 6) is 0.688. The van der Waals surface area contributed by atoms with Gasteiger partial charge in [0.05, 0.1) is 6.61 Å². The lowest BCUT2D eigenvalue weighted by Gasteiger charge is -2.41. The fourth-order valence-electron chi connectivity index (χ4n) is 4.54.